The fraction of sp³-hybridized carbons (Fsp3) is 0.320. The molecule has 0 N–H and O–H groups in total. The van der Waals surface area contributed by atoms with E-state index in [0.717, 1.165) is 9.87 Å². The Morgan fingerprint density at radius 3 is 2.29 bits per heavy atom. The van der Waals surface area contributed by atoms with E-state index in [1.54, 1.807) is 35.4 Å². The second-order valence-electron chi connectivity index (χ2n) is 7.64. The molecule has 0 spiro atoms. The fourth-order valence-electron chi connectivity index (χ4n) is 3.42. The lowest BCUT2D eigenvalue weighted by atomic mass is 10.1. The van der Waals surface area contributed by atoms with Gasteiger partial charge in [0.1, 0.15) is 11.5 Å². The van der Waals surface area contributed by atoms with Crippen LogP contribution in [0.4, 0.5) is 0 Å². The van der Waals surface area contributed by atoms with Crippen LogP contribution in [-0.2, 0) is 32.5 Å². The van der Waals surface area contributed by atoms with Crippen LogP contribution in [0.25, 0.3) is 0 Å². The maximum atomic E-state index is 13.4. The minimum absolute atomic E-state index is 0.0455. The summed E-state index contributed by atoms with van der Waals surface area (Å²) in [6.07, 6.45) is 2.19. The average molecular weight is 487 g/mol. The van der Waals surface area contributed by atoms with E-state index in [2.05, 4.69) is 0 Å². The van der Waals surface area contributed by atoms with Gasteiger partial charge in [-0.25, -0.2) is 8.42 Å². The van der Waals surface area contributed by atoms with Crippen molar-refractivity contribution in [3.05, 3.63) is 84.3 Å². The average Bonchev–Trinajstić information content (AvgIpc) is 3.38. The molecule has 1 heterocycles. The molecule has 3 rings (SSSR count). The SMILES string of the molecule is COCCN(CC(=O)N(CCc1ccccc1)Cc1ccco1)S(=O)(=O)c1ccc(OC)cc1. The molecular weight excluding hydrogens is 456 g/mol. The number of methoxy groups -OCH3 is 2. The molecule has 0 aliphatic carbocycles. The highest BCUT2D eigenvalue weighted by Crippen LogP contribution is 2.20. The maximum absolute atomic E-state index is 13.4. The van der Waals surface area contributed by atoms with E-state index in [1.165, 1.54) is 26.4 Å². The summed E-state index contributed by atoms with van der Waals surface area (Å²) < 4.78 is 43.5. The number of hydrogen-bond acceptors (Lipinski definition) is 6. The number of hydrogen-bond donors (Lipinski definition) is 0. The first kappa shape index (κ1) is 25.5. The van der Waals surface area contributed by atoms with E-state index < -0.39 is 10.0 Å². The Bertz CT molecular complexity index is 1120. The van der Waals surface area contributed by atoms with E-state index in [0.29, 0.717) is 24.5 Å². The van der Waals surface area contributed by atoms with Crippen molar-refractivity contribution in [3.63, 3.8) is 0 Å². The zero-order valence-electron chi connectivity index (χ0n) is 19.4. The fourth-order valence-corrected chi connectivity index (χ4v) is 4.79. The van der Waals surface area contributed by atoms with Crippen LogP contribution in [0, 0.1) is 0 Å². The Morgan fingerprint density at radius 1 is 0.941 bits per heavy atom. The zero-order valence-corrected chi connectivity index (χ0v) is 20.2. The highest BCUT2D eigenvalue weighted by Gasteiger charge is 2.28. The van der Waals surface area contributed by atoms with Crippen LogP contribution in [0.2, 0.25) is 0 Å². The van der Waals surface area contributed by atoms with Gasteiger partial charge in [-0.15, -0.1) is 0 Å². The first-order valence-electron chi connectivity index (χ1n) is 10.9. The van der Waals surface area contributed by atoms with Gasteiger partial charge in [0.2, 0.25) is 15.9 Å². The Labute approximate surface area is 200 Å². The topological polar surface area (TPSA) is 89.3 Å². The van der Waals surface area contributed by atoms with Crippen LogP contribution in [0.5, 0.6) is 5.75 Å². The number of nitrogens with zero attached hydrogens (tertiary/aromatic N) is 2. The predicted octanol–water partition coefficient (Wildman–Crippen LogP) is 3.20. The third kappa shape index (κ3) is 6.93. The van der Waals surface area contributed by atoms with Crippen molar-refractivity contribution < 1.29 is 27.1 Å². The lowest BCUT2D eigenvalue weighted by molar-refractivity contribution is -0.132. The predicted molar refractivity (Wildman–Crippen MR) is 128 cm³/mol. The van der Waals surface area contributed by atoms with Gasteiger partial charge in [0.15, 0.2) is 0 Å². The van der Waals surface area contributed by atoms with Crippen molar-refractivity contribution in [2.75, 3.05) is 40.5 Å². The van der Waals surface area contributed by atoms with E-state index in [9.17, 15) is 13.2 Å². The number of carbonyl (C=O) groups excluding carboxylic acids is 1. The van der Waals surface area contributed by atoms with Crippen molar-refractivity contribution in [3.8, 4) is 5.75 Å². The molecule has 0 aliphatic rings. The van der Waals surface area contributed by atoms with Crippen LogP contribution in [-0.4, -0.2) is 64.0 Å². The Balaban J connectivity index is 1.79. The lowest BCUT2D eigenvalue weighted by Crippen LogP contribution is -2.44. The monoisotopic (exact) mass is 486 g/mol. The smallest absolute Gasteiger partial charge is 0.243 e. The number of ether oxygens (including phenoxy) is 2. The van der Waals surface area contributed by atoms with Gasteiger partial charge < -0.3 is 18.8 Å². The molecule has 9 heteroatoms. The third-order valence-electron chi connectivity index (χ3n) is 5.35. The number of carbonyl (C=O) groups is 1. The molecule has 0 radical (unpaired) electrons. The van der Waals surface area contributed by atoms with Gasteiger partial charge in [0, 0.05) is 20.2 Å². The summed E-state index contributed by atoms with van der Waals surface area (Å²) in [5, 5.41) is 0. The number of furan rings is 1. The Morgan fingerprint density at radius 2 is 1.68 bits per heavy atom. The van der Waals surface area contributed by atoms with Gasteiger partial charge >= 0.3 is 0 Å². The summed E-state index contributed by atoms with van der Waals surface area (Å²) >= 11 is 0. The van der Waals surface area contributed by atoms with E-state index >= 15 is 0 Å². The van der Waals surface area contributed by atoms with Crippen LogP contribution in [0.1, 0.15) is 11.3 Å². The van der Waals surface area contributed by atoms with Gasteiger partial charge in [-0.3, -0.25) is 4.79 Å². The largest absolute Gasteiger partial charge is 0.497 e. The van der Waals surface area contributed by atoms with Crippen LogP contribution >= 0.6 is 0 Å². The molecule has 0 fully saturated rings. The molecule has 3 aromatic rings. The zero-order chi connectivity index (χ0) is 24.4. The van der Waals surface area contributed by atoms with Crippen LogP contribution in [0.15, 0.2) is 82.3 Å². The Hall–Kier alpha value is -3.14. The number of amides is 1. The van der Waals surface area contributed by atoms with Crippen molar-refractivity contribution in [1.29, 1.82) is 0 Å². The minimum Gasteiger partial charge on any atom is -0.497 e. The van der Waals surface area contributed by atoms with E-state index in [1.807, 2.05) is 30.3 Å². The van der Waals surface area contributed by atoms with Crippen LogP contribution < -0.4 is 4.74 Å². The molecule has 1 aromatic heterocycles. The van der Waals surface area contributed by atoms with Gasteiger partial charge in [0.05, 0.1) is 38.0 Å². The molecule has 0 saturated carbocycles. The van der Waals surface area contributed by atoms with Gasteiger partial charge in [-0.05, 0) is 48.4 Å². The molecule has 1 amide bonds. The summed E-state index contributed by atoms with van der Waals surface area (Å²) in [5.41, 5.74) is 1.09. The number of rotatable bonds is 13. The first-order chi connectivity index (χ1) is 16.4. The highest BCUT2D eigenvalue weighted by molar-refractivity contribution is 7.89. The van der Waals surface area contributed by atoms with Crippen molar-refractivity contribution in [2.24, 2.45) is 0 Å². The molecule has 8 nitrogen and oxygen atoms in total. The molecule has 182 valence electrons. The molecule has 0 unspecified atom stereocenters. The number of sulfonamides is 1. The summed E-state index contributed by atoms with van der Waals surface area (Å²) in [4.78, 5) is 15.1. The normalized spacial score (nSPS) is 11.5. The van der Waals surface area contributed by atoms with Gasteiger partial charge in [-0.1, -0.05) is 30.3 Å². The van der Waals surface area contributed by atoms with Crippen molar-refractivity contribution >= 4 is 15.9 Å². The lowest BCUT2D eigenvalue weighted by Gasteiger charge is -2.27. The molecular formula is C25H30N2O6S. The number of benzene rings is 2. The molecule has 0 aliphatic heterocycles. The Kier molecular flexibility index (Phi) is 9.26. The highest BCUT2D eigenvalue weighted by atomic mass is 32.2. The van der Waals surface area contributed by atoms with E-state index in [-0.39, 0.29) is 37.0 Å². The quantitative estimate of drug-likeness (QED) is 0.369. The second kappa shape index (κ2) is 12.4. The summed E-state index contributed by atoms with van der Waals surface area (Å²) in [6, 6.07) is 19.5. The molecule has 0 bridgehead atoms. The minimum atomic E-state index is -3.93. The third-order valence-corrected chi connectivity index (χ3v) is 7.21. The van der Waals surface area contributed by atoms with Gasteiger partial charge in [-0.2, -0.15) is 4.31 Å². The summed E-state index contributed by atoms with van der Waals surface area (Å²) in [7, 11) is -0.930. The van der Waals surface area contributed by atoms with Crippen LogP contribution in [0.3, 0.4) is 0 Å². The second-order valence-corrected chi connectivity index (χ2v) is 9.58. The maximum Gasteiger partial charge on any atom is 0.243 e. The molecule has 0 atom stereocenters. The standard InChI is InChI=1S/C25H30N2O6S/c1-31-18-16-27(34(29,30)24-12-10-22(32-2)11-13-24)20-25(28)26(19-23-9-6-17-33-23)15-14-21-7-4-3-5-8-21/h3-13,17H,14-16,18-20H2,1-2H3. The first-order valence-corrected chi connectivity index (χ1v) is 12.3. The van der Waals surface area contributed by atoms with Crippen molar-refractivity contribution in [1.82, 2.24) is 9.21 Å². The van der Waals surface area contributed by atoms with Crippen molar-refractivity contribution in [2.45, 2.75) is 17.9 Å². The van der Waals surface area contributed by atoms with E-state index in [4.69, 9.17) is 13.9 Å². The summed E-state index contributed by atoms with van der Waals surface area (Å²) in [5.74, 6) is 0.854. The molecule has 34 heavy (non-hydrogen) atoms. The van der Waals surface area contributed by atoms with Gasteiger partial charge in [0.25, 0.3) is 0 Å². The molecule has 0 saturated heterocycles. The molecule has 2 aromatic carbocycles. The summed E-state index contributed by atoms with van der Waals surface area (Å²) in [6.45, 7) is 0.561.